The highest BCUT2D eigenvalue weighted by Gasteiger charge is 2.51. The molecule has 5 rings (SSSR count). The van der Waals surface area contributed by atoms with Crippen LogP contribution < -0.4 is 15.5 Å². The molecule has 13 heteroatoms. The van der Waals surface area contributed by atoms with Crippen molar-refractivity contribution in [2.75, 3.05) is 18.0 Å². The number of amides is 3. The van der Waals surface area contributed by atoms with E-state index >= 15 is 0 Å². The summed E-state index contributed by atoms with van der Waals surface area (Å²) in [5, 5.41) is 4.89. The molecule has 3 aromatic heterocycles. The fraction of sp³-hybridized carbons (Fsp3) is 0.294. The van der Waals surface area contributed by atoms with Crippen LogP contribution in [0.5, 0.6) is 0 Å². The first-order chi connectivity index (χ1) is 14.2. The fourth-order valence-corrected chi connectivity index (χ4v) is 3.67. The summed E-state index contributed by atoms with van der Waals surface area (Å²) in [5.74, 6) is 0.254. The zero-order valence-electron chi connectivity index (χ0n) is 15.1. The lowest BCUT2D eigenvalue weighted by Crippen LogP contribution is -2.49. The van der Waals surface area contributed by atoms with Gasteiger partial charge >= 0.3 is 12.2 Å². The molecule has 154 valence electrons. The first-order valence-electron chi connectivity index (χ1n) is 8.87. The molecule has 5 heterocycles. The number of halogens is 3. The van der Waals surface area contributed by atoms with Crippen LogP contribution in [0.3, 0.4) is 0 Å². The number of alkyl halides is 3. The predicted octanol–water partition coefficient (Wildman–Crippen LogP) is 0.993. The molecule has 3 amide bonds. The molecule has 0 radical (unpaired) electrons. The molecule has 2 N–H and O–H groups in total. The lowest BCUT2D eigenvalue weighted by atomic mass is 10.00. The second-order valence-corrected chi connectivity index (χ2v) is 7.04. The number of aromatic nitrogens is 5. The third kappa shape index (κ3) is 2.81. The van der Waals surface area contributed by atoms with Crippen LogP contribution in [0.2, 0.25) is 0 Å². The van der Waals surface area contributed by atoms with E-state index in [1.807, 2.05) is 4.90 Å². The van der Waals surface area contributed by atoms with E-state index in [0.29, 0.717) is 18.8 Å². The number of carbonyl (C=O) groups excluding carboxylic acids is 2. The zero-order chi connectivity index (χ0) is 21.1. The minimum Gasteiger partial charge on any atom is -0.353 e. The molecule has 2 aliphatic heterocycles. The van der Waals surface area contributed by atoms with Gasteiger partial charge in [-0.15, -0.1) is 0 Å². The molecule has 1 spiro atoms. The van der Waals surface area contributed by atoms with Gasteiger partial charge in [-0.3, -0.25) is 14.5 Å². The van der Waals surface area contributed by atoms with Gasteiger partial charge in [0.25, 0.3) is 5.91 Å². The summed E-state index contributed by atoms with van der Waals surface area (Å²) in [6.07, 6.45) is 0.515. The Morgan fingerprint density at radius 2 is 1.97 bits per heavy atom. The van der Waals surface area contributed by atoms with Crippen LogP contribution in [0.4, 0.5) is 23.8 Å². The maximum absolute atomic E-state index is 13.0. The Morgan fingerprint density at radius 1 is 1.13 bits per heavy atom. The Kier molecular flexibility index (Phi) is 3.72. The number of anilines is 1. The predicted molar refractivity (Wildman–Crippen MR) is 95.3 cm³/mol. The van der Waals surface area contributed by atoms with E-state index < -0.39 is 29.3 Å². The Hall–Kier alpha value is -3.77. The maximum atomic E-state index is 13.0. The molecular weight excluding hydrogens is 405 g/mol. The number of nitrogens with zero attached hydrogens (tertiary/aromatic N) is 6. The smallest absolute Gasteiger partial charge is 0.353 e. The molecule has 0 saturated carbocycles. The Morgan fingerprint density at radius 3 is 2.70 bits per heavy atom. The lowest BCUT2D eigenvalue weighted by molar-refractivity contribution is -0.141. The van der Waals surface area contributed by atoms with Crippen LogP contribution in [0.25, 0.3) is 17.2 Å². The summed E-state index contributed by atoms with van der Waals surface area (Å²) < 4.78 is 40.3. The Bertz CT molecular complexity index is 1190. The summed E-state index contributed by atoms with van der Waals surface area (Å²) in [5.41, 5.74) is -1.59. The first kappa shape index (κ1) is 18.3. The van der Waals surface area contributed by atoms with Crippen molar-refractivity contribution in [3.63, 3.8) is 0 Å². The van der Waals surface area contributed by atoms with E-state index in [1.54, 1.807) is 6.07 Å². The van der Waals surface area contributed by atoms with Crippen molar-refractivity contribution in [1.29, 1.82) is 0 Å². The van der Waals surface area contributed by atoms with Gasteiger partial charge in [0.2, 0.25) is 0 Å². The van der Waals surface area contributed by atoms with Gasteiger partial charge in [-0.2, -0.15) is 13.2 Å². The monoisotopic (exact) mass is 418 g/mol. The van der Waals surface area contributed by atoms with Gasteiger partial charge in [-0.1, -0.05) is 0 Å². The van der Waals surface area contributed by atoms with Crippen LogP contribution in [0.1, 0.15) is 12.1 Å². The second kappa shape index (κ2) is 6.11. The highest BCUT2D eigenvalue weighted by atomic mass is 19.4. The number of hydrogen-bond donors (Lipinski definition) is 2. The van der Waals surface area contributed by atoms with Crippen LogP contribution in [0.15, 0.2) is 30.9 Å². The Balaban J connectivity index is 1.49. The highest BCUT2D eigenvalue weighted by Crippen LogP contribution is 2.30. The first-order valence-corrected chi connectivity index (χ1v) is 8.87. The number of fused-ring (bicyclic) bond motifs is 1. The van der Waals surface area contributed by atoms with Crippen molar-refractivity contribution < 1.29 is 22.8 Å². The largest absolute Gasteiger partial charge is 0.434 e. The molecule has 2 aliphatic rings. The lowest BCUT2D eigenvalue weighted by Gasteiger charge is -2.21. The fourth-order valence-electron chi connectivity index (χ4n) is 3.67. The van der Waals surface area contributed by atoms with Crippen molar-refractivity contribution in [3.8, 4) is 11.5 Å². The van der Waals surface area contributed by atoms with E-state index in [0.717, 1.165) is 12.4 Å². The van der Waals surface area contributed by atoms with E-state index in [-0.39, 0.29) is 23.7 Å². The molecule has 0 aromatic carbocycles. The number of urea groups is 1. The third-order valence-corrected chi connectivity index (χ3v) is 5.16. The molecule has 30 heavy (non-hydrogen) atoms. The van der Waals surface area contributed by atoms with E-state index in [9.17, 15) is 22.8 Å². The molecule has 0 aliphatic carbocycles. The normalized spacial score (nSPS) is 21.5. The third-order valence-electron chi connectivity index (χ3n) is 5.16. The van der Waals surface area contributed by atoms with E-state index in [4.69, 9.17) is 0 Å². The molecule has 10 nitrogen and oxygen atoms in total. The van der Waals surface area contributed by atoms with Crippen LogP contribution in [0, 0.1) is 0 Å². The molecule has 1 unspecified atom stereocenters. The molecule has 2 saturated heterocycles. The average Bonchev–Trinajstić information content (AvgIpc) is 3.38. The van der Waals surface area contributed by atoms with Crippen LogP contribution in [-0.4, -0.2) is 54.9 Å². The Labute approximate surface area is 166 Å². The number of imide groups is 1. The molecule has 2 fully saturated rings. The van der Waals surface area contributed by atoms with Crippen molar-refractivity contribution in [2.45, 2.75) is 18.1 Å². The minimum atomic E-state index is -4.60. The van der Waals surface area contributed by atoms with Gasteiger partial charge in [0, 0.05) is 18.9 Å². The molecule has 1 atom stereocenters. The van der Waals surface area contributed by atoms with E-state index in [1.165, 1.54) is 16.8 Å². The molecular formula is C17H13F3N8O2. The highest BCUT2D eigenvalue weighted by molar-refractivity contribution is 6.07. The zero-order valence-corrected chi connectivity index (χ0v) is 15.1. The summed E-state index contributed by atoms with van der Waals surface area (Å²) >= 11 is 0. The van der Waals surface area contributed by atoms with Gasteiger partial charge in [0.1, 0.15) is 17.1 Å². The standard InChI is InChI=1S/C17H13F3N8O2/c18-17(19,20)10-7-28-9(5-23-12(28)6-22-10)13-21-3-1-11(24-13)27-4-2-16(8-27)14(29)25-15(30)26-16/h1,3,5-7H,2,4,8H2,(H2,25,26,29,30). The van der Waals surface area contributed by atoms with Crippen LogP contribution in [-0.2, 0) is 11.0 Å². The van der Waals surface area contributed by atoms with Crippen molar-refractivity contribution in [1.82, 2.24) is 35.0 Å². The maximum Gasteiger partial charge on any atom is 0.434 e. The van der Waals surface area contributed by atoms with E-state index in [2.05, 4.69) is 30.6 Å². The van der Waals surface area contributed by atoms with Gasteiger partial charge in [0.15, 0.2) is 17.2 Å². The summed E-state index contributed by atoms with van der Waals surface area (Å²) in [6.45, 7) is 0.676. The van der Waals surface area contributed by atoms with Gasteiger partial charge in [0.05, 0.1) is 18.9 Å². The average molecular weight is 418 g/mol. The number of nitrogens with one attached hydrogen (secondary N) is 2. The quantitative estimate of drug-likeness (QED) is 0.596. The van der Waals surface area contributed by atoms with Crippen molar-refractivity contribution in [2.24, 2.45) is 0 Å². The van der Waals surface area contributed by atoms with Crippen LogP contribution >= 0.6 is 0 Å². The second-order valence-electron chi connectivity index (χ2n) is 7.04. The summed E-state index contributed by atoms with van der Waals surface area (Å²) in [4.78, 5) is 41.5. The van der Waals surface area contributed by atoms with Crippen molar-refractivity contribution >= 4 is 23.4 Å². The van der Waals surface area contributed by atoms with Gasteiger partial charge in [-0.05, 0) is 12.5 Å². The SMILES string of the molecule is O=C1NC(=O)C2(CCN(c3ccnc(-c4cnc5cnc(C(F)(F)F)cn45)n3)C2)N1. The number of carbonyl (C=O) groups is 2. The van der Waals surface area contributed by atoms with Gasteiger partial charge < -0.3 is 10.2 Å². The summed E-state index contributed by atoms with van der Waals surface area (Å²) in [7, 11) is 0. The molecule has 0 bridgehead atoms. The number of hydrogen-bond acceptors (Lipinski definition) is 7. The van der Waals surface area contributed by atoms with Crippen molar-refractivity contribution in [3.05, 3.63) is 36.5 Å². The minimum absolute atomic E-state index is 0.167. The number of rotatable bonds is 2. The summed E-state index contributed by atoms with van der Waals surface area (Å²) in [6, 6.07) is 1.09. The topological polar surface area (TPSA) is 117 Å². The number of imidazole rings is 1. The molecule has 3 aromatic rings. The van der Waals surface area contributed by atoms with Gasteiger partial charge in [-0.25, -0.2) is 24.7 Å².